The van der Waals surface area contributed by atoms with Crippen molar-refractivity contribution in [2.75, 3.05) is 19.8 Å². The molecule has 3 N–H and O–H groups in total. The van der Waals surface area contributed by atoms with Crippen LogP contribution in [0.4, 0.5) is 13.2 Å². The van der Waals surface area contributed by atoms with Crippen LogP contribution >= 0.6 is 0 Å². The highest BCUT2D eigenvalue weighted by Crippen LogP contribution is 2.37. The molecule has 106 valence electrons. The Morgan fingerprint density at radius 3 is 2.61 bits per heavy atom. The zero-order valence-electron chi connectivity index (χ0n) is 10.1. The third kappa shape index (κ3) is 5.22. The number of rotatable bonds is 6. The van der Waals surface area contributed by atoms with Crippen molar-refractivity contribution in [1.29, 1.82) is 0 Å². The second kappa shape index (κ2) is 6.94. The van der Waals surface area contributed by atoms with Crippen molar-refractivity contribution in [3.05, 3.63) is 0 Å². The van der Waals surface area contributed by atoms with E-state index in [2.05, 4.69) is 5.32 Å². The first-order valence-corrected chi connectivity index (χ1v) is 6.07. The second-order valence-corrected chi connectivity index (χ2v) is 4.51. The average Bonchev–Trinajstić information content (AvgIpc) is 2.27. The lowest BCUT2D eigenvalue weighted by Gasteiger charge is -2.33. The summed E-state index contributed by atoms with van der Waals surface area (Å²) >= 11 is 0. The summed E-state index contributed by atoms with van der Waals surface area (Å²) < 4.78 is 43.1. The summed E-state index contributed by atoms with van der Waals surface area (Å²) in [5.74, 6) is -1.86. The molecular formula is C11H19F3N2O2. The molecule has 0 aromatic carbocycles. The van der Waals surface area contributed by atoms with E-state index in [9.17, 15) is 18.0 Å². The highest BCUT2D eigenvalue weighted by Gasteiger charge is 2.45. The molecule has 0 aromatic heterocycles. The third-order valence-electron chi connectivity index (χ3n) is 3.08. The van der Waals surface area contributed by atoms with Crippen LogP contribution in [0.1, 0.15) is 25.7 Å². The molecule has 2 unspecified atom stereocenters. The van der Waals surface area contributed by atoms with Crippen molar-refractivity contribution in [3.63, 3.8) is 0 Å². The molecule has 18 heavy (non-hydrogen) atoms. The van der Waals surface area contributed by atoms with Gasteiger partial charge in [-0.1, -0.05) is 12.8 Å². The third-order valence-corrected chi connectivity index (χ3v) is 3.08. The highest BCUT2D eigenvalue weighted by atomic mass is 19.4. The molecule has 0 aliphatic heterocycles. The van der Waals surface area contributed by atoms with Crippen molar-refractivity contribution in [2.45, 2.75) is 37.9 Å². The van der Waals surface area contributed by atoms with Gasteiger partial charge in [0, 0.05) is 12.6 Å². The molecule has 0 spiro atoms. The Hall–Kier alpha value is -0.820. The van der Waals surface area contributed by atoms with E-state index in [0.717, 1.165) is 6.42 Å². The SMILES string of the molecule is NC(=O)COCCNC1CCCCC1C(F)(F)F. The Morgan fingerprint density at radius 1 is 1.33 bits per heavy atom. The number of hydrogen-bond acceptors (Lipinski definition) is 3. The summed E-state index contributed by atoms with van der Waals surface area (Å²) in [7, 11) is 0. The summed E-state index contributed by atoms with van der Waals surface area (Å²) in [6.45, 7) is 0.281. The number of halogens is 3. The number of nitrogens with one attached hydrogen (secondary N) is 1. The minimum Gasteiger partial charge on any atom is -0.370 e. The van der Waals surface area contributed by atoms with Gasteiger partial charge < -0.3 is 15.8 Å². The van der Waals surface area contributed by atoms with Gasteiger partial charge in [-0.3, -0.25) is 4.79 Å². The molecule has 1 fully saturated rings. The summed E-state index contributed by atoms with van der Waals surface area (Å²) in [6.07, 6.45) is -2.00. The fraction of sp³-hybridized carbons (Fsp3) is 0.909. The average molecular weight is 268 g/mol. The van der Waals surface area contributed by atoms with Gasteiger partial charge in [-0.2, -0.15) is 13.2 Å². The molecule has 1 aliphatic rings. The molecule has 0 saturated heterocycles. The van der Waals surface area contributed by atoms with Crippen LogP contribution in [0.15, 0.2) is 0 Å². The van der Waals surface area contributed by atoms with Crippen LogP contribution in [0.2, 0.25) is 0 Å². The van der Waals surface area contributed by atoms with Crippen LogP contribution in [0.3, 0.4) is 0 Å². The standard InChI is InChI=1S/C11H19F3N2O2/c12-11(13,14)8-3-1-2-4-9(8)16-5-6-18-7-10(15)17/h8-9,16H,1-7H2,(H2,15,17). The van der Waals surface area contributed by atoms with Gasteiger partial charge in [0.15, 0.2) is 0 Å². The van der Waals surface area contributed by atoms with Crippen LogP contribution in [-0.4, -0.2) is 37.9 Å². The number of amides is 1. The van der Waals surface area contributed by atoms with E-state index >= 15 is 0 Å². The predicted octanol–water partition coefficient (Wildman–Crippen LogP) is 1.20. The lowest BCUT2D eigenvalue weighted by atomic mass is 9.84. The highest BCUT2D eigenvalue weighted by molar-refractivity contribution is 5.74. The van der Waals surface area contributed by atoms with E-state index in [1.54, 1.807) is 0 Å². The zero-order valence-corrected chi connectivity index (χ0v) is 10.1. The maximum Gasteiger partial charge on any atom is 0.393 e. The van der Waals surface area contributed by atoms with Gasteiger partial charge in [-0.05, 0) is 12.8 Å². The summed E-state index contributed by atoms with van der Waals surface area (Å²) in [4.78, 5) is 10.4. The molecule has 2 atom stereocenters. The van der Waals surface area contributed by atoms with Crippen LogP contribution in [-0.2, 0) is 9.53 Å². The number of alkyl halides is 3. The molecule has 0 aromatic rings. The molecule has 1 saturated carbocycles. The van der Waals surface area contributed by atoms with E-state index in [4.69, 9.17) is 10.5 Å². The van der Waals surface area contributed by atoms with E-state index < -0.39 is 24.0 Å². The fourth-order valence-electron chi connectivity index (χ4n) is 2.26. The van der Waals surface area contributed by atoms with E-state index in [1.165, 1.54) is 0 Å². The largest absolute Gasteiger partial charge is 0.393 e. The molecule has 0 bridgehead atoms. The van der Waals surface area contributed by atoms with Gasteiger partial charge in [-0.15, -0.1) is 0 Å². The quantitative estimate of drug-likeness (QED) is 0.711. The molecule has 0 heterocycles. The first-order valence-electron chi connectivity index (χ1n) is 6.07. The summed E-state index contributed by atoms with van der Waals surface area (Å²) in [5.41, 5.74) is 4.86. The molecular weight excluding hydrogens is 249 g/mol. The Labute approximate surface area is 104 Å². The molecule has 7 heteroatoms. The van der Waals surface area contributed by atoms with Crippen molar-refractivity contribution >= 4 is 5.91 Å². The van der Waals surface area contributed by atoms with Gasteiger partial charge >= 0.3 is 6.18 Å². The minimum atomic E-state index is -4.15. The van der Waals surface area contributed by atoms with Gasteiger partial charge in [0.2, 0.25) is 5.91 Å². The van der Waals surface area contributed by atoms with Crippen LogP contribution in [0.5, 0.6) is 0 Å². The Bertz CT molecular complexity index is 272. The van der Waals surface area contributed by atoms with Gasteiger partial charge in [-0.25, -0.2) is 0 Å². The van der Waals surface area contributed by atoms with Gasteiger partial charge in [0.05, 0.1) is 12.5 Å². The van der Waals surface area contributed by atoms with E-state index in [0.29, 0.717) is 19.4 Å². The Morgan fingerprint density at radius 2 is 2.00 bits per heavy atom. The van der Waals surface area contributed by atoms with E-state index in [-0.39, 0.29) is 19.6 Å². The van der Waals surface area contributed by atoms with Crippen LogP contribution in [0.25, 0.3) is 0 Å². The zero-order chi connectivity index (χ0) is 13.6. The van der Waals surface area contributed by atoms with E-state index in [1.807, 2.05) is 0 Å². The number of ether oxygens (including phenoxy) is 1. The number of hydrogen-bond donors (Lipinski definition) is 2. The molecule has 1 aliphatic carbocycles. The molecule has 1 amide bonds. The lowest BCUT2D eigenvalue weighted by Crippen LogP contribution is -2.46. The summed E-state index contributed by atoms with van der Waals surface area (Å²) in [6, 6.07) is -0.545. The normalized spacial score (nSPS) is 25.1. The van der Waals surface area contributed by atoms with Crippen LogP contribution < -0.4 is 11.1 Å². The molecule has 1 rings (SSSR count). The topological polar surface area (TPSA) is 64.4 Å². The number of primary amides is 1. The van der Waals surface area contributed by atoms with Gasteiger partial charge in [0.1, 0.15) is 6.61 Å². The number of nitrogens with two attached hydrogens (primary N) is 1. The van der Waals surface area contributed by atoms with Crippen molar-refractivity contribution in [1.82, 2.24) is 5.32 Å². The predicted molar refractivity (Wildman–Crippen MR) is 59.8 cm³/mol. The van der Waals surface area contributed by atoms with Crippen molar-refractivity contribution in [2.24, 2.45) is 11.7 Å². The Kier molecular flexibility index (Phi) is 5.87. The summed E-state index contributed by atoms with van der Waals surface area (Å²) in [5, 5.41) is 2.85. The first-order chi connectivity index (χ1) is 8.41. The fourth-order valence-corrected chi connectivity index (χ4v) is 2.26. The first kappa shape index (κ1) is 15.2. The number of carbonyl (C=O) groups excluding carboxylic acids is 1. The van der Waals surface area contributed by atoms with Crippen molar-refractivity contribution < 1.29 is 22.7 Å². The lowest BCUT2D eigenvalue weighted by molar-refractivity contribution is -0.189. The maximum absolute atomic E-state index is 12.7. The monoisotopic (exact) mass is 268 g/mol. The van der Waals surface area contributed by atoms with Gasteiger partial charge in [0.25, 0.3) is 0 Å². The van der Waals surface area contributed by atoms with Crippen molar-refractivity contribution in [3.8, 4) is 0 Å². The minimum absolute atomic E-state index is 0.184. The maximum atomic E-state index is 12.7. The second-order valence-electron chi connectivity index (χ2n) is 4.51. The molecule has 4 nitrogen and oxygen atoms in total. The number of carbonyl (C=O) groups is 1. The van der Waals surface area contributed by atoms with Crippen LogP contribution in [0, 0.1) is 5.92 Å². The smallest absolute Gasteiger partial charge is 0.370 e. The molecule has 0 radical (unpaired) electrons. The Balaban J connectivity index is 2.28.